The lowest BCUT2D eigenvalue weighted by molar-refractivity contribution is -0.111. The number of hydrogen-bond acceptors (Lipinski definition) is 6. The van der Waals surface area contributed by atoms with Gasteiger partial charge in [-0.2, -0.15) is 0 Å². The summed E-state index contributed by atoms with van der Waals surface area (Å²) in [6.07, 6.45) is 3.13. The van der Waals surface area contributed by atoms with Gasteiger partial charge in [0.1, 0.15) is 5.75 Å². The number of aryl methyl sites for hydroxylation is 2. The number of amides is 1. The van der Waals surface area contributed by atoms with E-state index in [1.54, 1.807) is 50.6 Å². The van der Waals surface area contributed by atoms with Crippen LogP contribution < -0.4 is 19.5 Å². The van der Waals surface area contributed by atoms with E-state index >= 15 is 0 Å². The van der Waals surface area contributed by atoms with Gasteiger partial charge in [-0.15, -0.1) is 0 Å². The van der Waals surface area contributed by atoms with Crippen molar-refractivity contribution >= 4 is 33.6 Å². The van der Waals surface area contributed by atoms with Gasteiger partial charge in [0.25, 0.3) is 0 Å². The van der Waals surface area contributed by atoms with E-state index in [1.807, 2.05) is 26.0 Å². The first-order valence-electron chi connectivity index (χ1n) is 9.38. The molecule has 0 aliphatic heterocycles. The monoisotopic (exact) mass is 483 g/mol. The molecule has 3 rings (SSSR count). The second-order valence-electron chi connectivity index (χ2n) is 6.62. The van der Waals surface area contributed by atoms with Crippen LogP contribution in [0.2, 0.25) is 0 Å². The summed E-state index contributed by atoms with van der Waals surface area (Å²) in [5, 5.41) is 2.81. The molecule has 0 aliphatic carbocycles. The Hall–Kier alpha value is -3.39. The second kappa shape index (κ2) is 10.1. The number of benzene rings is 2. The molecule has 0 saturated carbocycles. The van der Waals surface area contributed by atoms with Crippen molar-refractivity contribution < 1.29 is 19.0 Å². The van der Waals surface area contributed by atoms with Gasteiger partial charge in [0.2, 0.25) is 5.91 Å². The number of ether oxygens (including phenoxy) is 3. The van der Waals surface area contributed by atoms with Crippen LogP contribution in [0.25, 0.3) is 6.08 Å². The molecule has 1 amide bonds. The van der Waals surface area contributed by atoms with E-state index in [0.717, 1.165) is 21.4 Å². The number of nitrogens with one attached hydrogen (secondary N) is 1. The molecule has 0 spiro atoms. The molecule has 31 heavy (non-hydrogen) atoms. The van der Waals surface area contributed by atoms with Crippen LogP contribution in [0.15, 0.2) is 53.0 Å². The summed E-state index contributed by atoms with van der Waals surface area (Å²) in [4.78, 5) is 20.9. The third-order valence-electron chi connectivity index (χ3n) is 4.16. The number of aromatic nitrogens is 2. The minimum Gasteiger partial charge on any atom is -0.493 e. The molecule has 0 bridgehead atoms. The number of carbonyl (C=O) groups is 1. The van der Waals surface area contributed by atoms with Gasteiger partial charge in [-0.3, -0.25) is 4.79 Å². The number of halogens is 1. The number of methoxy groups -OCH3 is 2. The summed E-state index contributed by atoms with van der Waals surface area (Å²) < 4.78 is 17.1. The van der Waals surface area contributed by atoms with E-state index in [0.29, 0.717) is 22.9 Å². The lowest BCUT2D eigenvalue weighted by atomic mass is 10.2. The van der Waals surface area contributed by atoms with Crippen LogP contribution >= 0.6 is 15.9 Å². The van der Waals surface area contributed by atoms with E-state index in [-0.39, 0.29) is 11.9 Å². The molecular weight excluding hydrogens is 462 g/mol. The van der Waals surface area contributed by atoms with Crippen LogP contribution in [0.1, 0.15) is 17.0 Å². The van der Waals surface area contributed by atoms with Crippen molar-refractivity contribution in [1.82, 2.24) is 9.97 Å². The van der Waals surface area contributed by atoms with Crippen molar-refractivity contribution in [2.75, 3.05) is 19.5 Å². The Kier molecular flexibility index (Phi) is 7.25. The average Bonchev–Trinajstić information content (AvgIpc) is 2.71. The number of carbonyl (C=O) groups excluding carboxylic acids is 1. The SMILES string of the molecule is COc1cc(/C=C/C(=O)Nc2cccc(Oc3nc(C)cc(C)n3)c2)cc(Br)c1OC. The largest absolute Gasteiger partial charge is 0.493 e. The molecule has 0 aliphatic rings. The molecule has 2 aromatic carbocycles. The molecule has 0 fully saturated rings. The highest BCUT2D eigenvalue weighted by Crippen LogP contribution is 2.36. The molecule has 1 aromatic heterocycles. The summed E-state index contributed by atoms with van der Waals surface area (Å²) in [6, 6.07) is 12.8. The van der Waals surface area contributed by atoms with Crippen LogP contribution in [-0.2, 0) is 4.79 Å². The fourth-order valence-electron chi connectivity index (χ4n) is 2.87. The maximum absolute atomic E-state index is 12.4. The first-order chi connectivity index (χ1) is 14.9. The standard InChI is InChI=1S/C23H22BrN3O4/c1-14-10-15(2)26-23(25-14)31-18-7-5-6-17(13-18)27-21(28)9-8-16-11-19(24)22(30-4)20(12-16)29-3/h5-13H,1-4H3,(H,27,28)/b9-8+. The van der Waals surface area contributed by atoms with E-state index in [4.69, 9.17) is 14.2 Å². The Bertz CT molecular complexity index is 1110. The van der Waals surface area contributed by atoms with Gasteiger partial charge in [0.15, 0.2) is 11.5 Å². The molecule has 1 heterocycles. The van der Waals surface area contributed by atoms with E-state index in [9.17, 15) is 4.79 Å². The number of nitrogens with zero attached hydrogens (tertiary/aromatic N) is 2. The topological polar surface area (TPSA) is 82.6 Å². The number of hydrogen-bond donors (Lipinski definition) is 1. The summed E-state index contributed by atoms with van der Waals surface area (Å²) in [6.45, 7) is 3.75. The van der Waals surface area contributed by atoms with E-state index in [1.165, 1.54) is 6.08 Å². The highest BCUT2D eigenvalue weighted by molar-refractivity contribution is 9.10. The first kappa shape index (κ1) is 22.3. The summed E-state index contributed by atoms with van der Waals surface area (Å²) in [7, 11) is 3.12. The van der Waals surface area contributed by atoms with Crippen molar-refractivity contribution in [3.63, 3.8) is 0 Å². The van der Waals surface area contributed by atoms with Crippen molar-refractivity contribution in [2.45, 2.75) is 13.8 Å². The summed E-state index contributed by atoms with van der Waals surface area (Å²) >= 11 is 3.44. The molecule has 0 atom stereocenters. The van der Waals surface area contributed by atoms with Gasteiger partial charge in [-0.05, 0) is 71.7 Å². The van der Waals surface area contributed by atoms with Crippen LogP contribution in [-0.4, -0.2) is 30.1 Å². The molecular formula is C23H22BrN3O4. The zero-order chi connectivity index (χ0) is 22.4. The number of anilines is 1. The average molecular weight is 484 g/mol. The Balaban J connectivity index is 1.69. The maximum atomic E-state index is 12.4. The minimum absolute atomic E-state index is 0.264. The predicted molar refractivity (Wildman–Crippen MR) is 123 cm³/mol. The molecule has 0 saturated heterocycles. The van der Waals surface area contributed by atoms with E-state index < -0.39 is 0 Å². The van der Waals surface area contributed by atoms with Crippen molar-refractivity contribution in [3.05, 3.63) is 70.0 Å². The van der Waals surface area contributed by atoms with Gasteiger partial charge in [0.05, 0.1) is 18.7 Å². The second-order valence-corrected chi connectivity index (χ2v) is 7.48. The summed E-state index contributed by atoms with van der Waals surface area (Å²) in [5.41, 5.74) is 3.01. The third kappa shape index (κ3) is 6.05. The van der Waals surface area contributed by atoms with Crippen LogP contribution in [0, 0.1) is 13.8 Å². The van der Waals surface area contributed by atoms with E-state index in [2.05, 4.69) is 31.2 Å². The van der Waals surface area contributed by atoms with Crippen molar-refractivity contribution in [3.8, 4) is 23.3 Å². The Labute approximate surface area is 189 Å². The maximum Gasteiger partial charge on any atom is 0.322 e. The van der Waals surface area contributed by atoms with Crippen LogP contribution in [0.3, 0.4) is 0 Å². The highest BCUT2D eigenvalue weighted by Gasteiger charge is 2.10. The van der Waals surface area contributed by atoms with Crippen molar-refractivity contribution in [1.29, 1.82) is 0 Å². The molecule has 0 unspecified atom stereocenters. The quantitative estimate of drug-likeness (QED) is 0.458. The van der Waals surface area contributed by atoms with Crippen LogP contribution in [0.4, 0.5) is 5.69 Å². The fraction of sp³-hybridized carbons (Fsp3) is 0.174. The molecule has 3 aromatic rings. The highest BCUT2D eigenvalue weighted by atomic mass is 79.9. The third-order valence-corrected chi connectivity index (χ3v) is 4.74. The summed E-state index contributed by atoms with van der Waals surface area (Å²) in [5.74, 6) is 1.39. The lowest BCUT2D eigenvalue weighted by Crippen LogP contribution is -2.07. The minimum atomic E-state index is -0.286. The molecule has 7 nitrogen and oxygen atoms in total. The van der Waals surface area contributed by atoms with Gasteiger partial charge in [-0.1, -0.05) is 6.07 Å². The zero-order valence-electron chi connectivity index (χ0n) is 17.6. The van der Waals surface area contributed by atoms with Gasteiger partial charge < -0.3 is 19.5 Å². The lowest BCUT2D eigenvalue weighted by Gasteiger charge is -2.10. The molecule has 1 N–H and O–H groups in total. The first-order valence-corrected chi connectivity index (χ1v) is 10.2. The van der Waals surface area contributed by atoms with Gasteiger partial charge in [-0.25, -0.2) is 9.97 Å². The molecule has 8 heteroatoms. The normalized spacial score (nSPS) is 10.7. The van der Waals surface area contributed by atoms with Crippen LogP contribution in [0.5, 0.6) is 23.3 Å². The number of rotatable bonds is 7. The molecule has 0 radical (unpaired) electrons. The Morgan fingerprint density at radius 1 is 1.03 bits per heavy atom. The smallest absolute Gasteiger partial charge is 0.322 e. The Morgan fingerprint density at radius 2 is 1.77 bits per heavy atom. The predicted octanol–water partition coefficient (Wildman–Crippen LogP) is 5.32. The fourth-order valence-corrected chi connectivity index (χ4v) is 3.49. The zero-order valence-corrected chi connectivity index (χ0v) is 19.2. The van der Waals surface area contributed by atoms with Gasteiger partial charge >= 0.3 is 6.01 Å². The molecule has 160 valence electrons. The van der Waals surface area contributed by atoms with Gasteiger partial charge in [0, 0.05) is 29.2 Å². The Morgan fingerprint density at radius 3 is 2.45 bits per heavy atom. The van der Waals surface area contributed by atoms with Crippen molar-refractivity contribution in [2.24, 2.45) is 0 Å².